The van der Waals surface area contributed by atoms with E-state index in [4.69, 9.17) is 9.47 Å². The minimum absolute atomic E-state index is 0.103. The molecule has 0 aromatic heterocycles. The Labute approximate surface area is 91.3 Å². The van der Waals surface area contributed by atoms with Crippen LogP contribution in [0.3, 0.4) is 0 Å². The minimum atomic E-state index is -0.547. The monoisotopic (exact) mass is 215 g/mol. The largest absolute Gasteiger partial charge is 0.508 e. The second-order valence-electron chi connectivity index (χ2n) is 4.27. The summed E-state index contributed by atoms with van der Waals surface area (Å²) in [5, 5.41) is 3.33. The summed E-state index contributed by atoms with van der Waals surface area (Å²) in [6.45, 7) is 6.26. The Morgan fingerprint density at radius 2 is 2.33 bits per heavy atom. The molecule has 1 saturated heterocycles. The standard InChI is InChI=1S/C11H21NO3/c1-9(2)15-11(13)14-7-5-10-4-3-6-12-8-10/h9-10,12H,3-8H2,1-2H3. The van der Waals surface area contributed by atoms with Crippen molar-refractivity contribution >= 4 is 6.16 Å². The van der Waals surface area contributed by atoms with E-state index in [0.717, 1.165) is 19.5 Å². The predicted molar refractivity (Wildman–Crippen MR) is 57.8 cm³/mol. The van der Waals surface area contributed by atoms with E-state index >= 15 is 0 Å². The topological polar surface area (TPSA) is 47.6 Å². The van der Waals surface area contributed by atoms with Gasteiger partial charge in [-0.1, -0.05) is 0 Å². The van der Waals surface area contributed by atoms with E-state index in [1.807, 2.05) is 13.8 Å². The third kappa shape index (κ3) is 5.62. The average Bonchev–Trinajstić information content (AvgIpc) is 2.18. The second-order valence-corrected chi connectivity index (χ2v) is 4.27. The number of hydrogen-bond donors (Lipinski definition) is 1. The van der Waals surface area contributed by atoms with Gasteiger partial charge in [-0.15, -0.1) is 0 Å². The van der Waals surface area contributed by atoms with Gasteiger partial charge in [0, 0.05) is 0 Å². The number of carbonyl (C=O) groups excluding carboxylic acids is 1. The van der Waals surface area contributed by atoms with Gasteiger partial charge in [0.1, 0.15) is 0 Å². The number of nitrogens with one attached hydrogen (secondary N) is 1. The van der Waals surface area contributed by atoms with Gasteiger partial charge in [0.05, 0.1) is 12.7 Å². The molecule has 0 aliphatic carbocycles. The highest BCUT2D eigenvalue weighted by Crippen LogP contribution is 2.13. The highest BCUT2D eigenvalue weighted by molar-refractivity contribution is 5.59. The Hall–Kier alpha value is -0.770. The van der Waals surface area contributed by atoms with Crippen LogP contribution in [0.4, 0.5) is 4.79 Å². The van der Waals surface area contributed by atoms with E-state index in [-0.39, 0.29) is 6.10 Å². The Bertz CT molecular complexity index is 188. The van der Waals surface area contributed by atoms with Crippen molar-refractivity contribution in [2.75, 3.05) is 19.7 Å². The summed E-state index contributed by atoms with van der Waals surface area (Å²) < 4.78 is 9.83. The van der Waals surface area contributed by atoms with Crippen molar-refractivity contribution in [3.63, 3.8) is 0 Å². The van der Waals surface area contributed by atoms with Gasteiger partial charge >= 0.3 is 6.16 Å². The van der Waals surface area contributed by atoms with Gasteiger partial charge in [-0.25, -0.2) is 4.79 Å². The number of ether oxygens (including phenoxy) is 2. The van der Waals surface area contributed by atoms with Crippen molar-refractivity contribution < 1.29 is 14.3 Å². The summed E-state index contributed by atoms with van der Waals surface area (Å²) >= 11 is 0. The van der Waals surface area contributed by atoms with Gasteiger partial charge in [-0.2, -0.15) is 0 Å². The molecule has 0 amide bonds. The first-order valence-corrected chi connectivity index (χ1v) is 5.72. The fraction of sp³-hybridized carbons (Fsp3) is 0.909. The van der Waals surface area contributed by atoms with Gasteiger partial charge in [0.15, 0.2) is 0 Å². The SMILES string of the molecule is CC(C)OC(=O)OCCC1CCCNC1. The molecule has 1 atom stereocenters. The lowest BCUT2D eigenvalue weighted by atomic mass is 9.97. The van der Waals surface area contributed by atoms with E-state index in [2.05, 4.69) is 5.32 Å². The molecule has 1 fully saturated rings. The fourth-order valence-electron chi connectivity index (χ4n) is 1.71. The lowest BCUT2D eigenvalue weighted by Crippen LogP contribution is -2.30. The van der Waals surface area contributed by atoms with Crippen LogP contribution in [0.2, 0.25) is 0 Å². The van der Waals surface area contributed by atoms with Crippen molar-refractivity contribution in [2.24, 2.45) is 5.92 Å². The van der Waals surface area contributed by atoms with Crippen molar-refractivity contribution in [1.82, 2.24) is 5.32 Å². The molecule has 0 aromatic rings. The molecule has 0 radical (unpaired) electrons. The summed E-state index contributed by atoms with van der Waals surface area (Å²) in [5.41, 5.74) is 0. The molecule has 0 bridgehead atoms. The molecular weight excluding hydrogens is 194 g/mol. The minimum Gasteiger partial charge on any atom is -0.434 e. The van der Waals surface area contributed by atoms with Crippen LogP contribution in [0.25, 0.3) is 0 Å². The molecule has 1 aliphatic heterocycles. The van der Waals surface area contributed by atoms with Crippen LogP contribution in [0.5, 0.6) is 0 Å². The first kappa shape index (κ1) is 12.3. The molecule has 1 N–H and O–H groups in total. The molecule has 88 valence electrons. The first-order chi connectivity index (χ1) is 7.18. The van der Waals surface area contributed by atoms with Gasteiger partial charge < -0.3 is 14.8 Å². The highest BCUT2D eigenvalue weighted by Gasteiger charge is 2.14. The van der Waals surface area contributed by atoms with Gasteiger partial charge in [-0.3, -0.25) is 0 Å². The maximum absolute atomic E-state index is 11.0. The number of carbonyl (C=O) groups is 1. The van der Waals surface area contributed by atoms with Crippen LogP contribution in [0.1, 0.15) is 33.1 Å². The zero-order chi connectivity index (χ0) is 11.1. The first-order valence-electron chi connectivity index (χ1n) is 5.72. The number of piperidine rings is 1. The highest BCUT2D eigenvalue weighted by atomic mass is 16.7. The maximum Gasteiger partial charge on any atom is 0.508 e. The van der Waals surface area contributed by atoms with Crippen LogP contribution in [-0.4, -0.2) is 32.0 Å². The molecule has 15 heavy (non-hydrogen) atoms. The zero-order valence-electron chi connectivity index (χ0n) is 9.62. The molecule has 0 spiro atoms. The van der Waals surface area contributed by atoms with Crippen molar-refractivity contribution in [2.45, 2.75) is 39.2 Å². The maximum atomic E-state index is 11.0. The number of rotatable bonds is 4. The summed E-state index contributed by atoms with van der Waals surface area (Å²) in [6.07, 6.45) is 2.74. The van der Waals surface area contributed by atoms with E-state index in [9.17, 15) is 4.79 Å². The molecule has 1 aliphatic rings. The Morgan fingerprint density at radius 3 is 2.93 bits per heavy atom. The van der Waals surface area contributed by atoms with Crippen LogP contribution in [-0.2, 0) is 9.47 Å². The fourth-order valence-corrected chi connectivity index (χ4v) is 1.71. The molecule has 1 unspecified atom stereocenters. The summed E-state index contributed by atoms with van der Waals surface area (Å²) in [5.74, 6) is 0.644. The molecule has 1 heterocycles. The lowest BCUT2D eigenvalue weighted by molar-refractivity contribution is 0.0309. The third-order valence-electron chi connectivity index (χ3n) is 2.48. The molecule has 0 saturated carbocycles. The average molecular weight is 215 g/mol. The quantitative estimate of drug-likeness (QED) is 0.728. The molecule has 4 heteroatoms. The Morgan fingerprint density at radius 1 is 1.53 bits per heavy atom. The molecule has 0 aromatic carbocycles. The van der Waals surface area contributed by atoms with Crippen LogP contribution in [0.15, 0.2) is 0 Å². The van der Waals surface area contributed by atoms with E-state index in [0.29, 0.717) is 12.5 Å². The van der Waals surface area contributed by atoms with E-state index in [1.165, 1.54) is 12.8 Å². The third-order valence-corrected chi connectivity index (χ3v) is 2.48. The van der Waals surface area contributed by atoms with Crippen LogP contribution in [0, 0.1) is 5.92 Å². The normalized spacial score (nSPS) is 21.4. The van der Waals surface area contributed by atoms with Crippen LogP contribution >= 0.6 is 0 Å². The zero-order valence-corrected chi connectivity index (χ0v) is 9.62. The smallest absolute Gasteiger partial charge is 0.434 e. The van der Waals surface area contributed by atoms with E-state index in [1.54, 1.807) is 0 Å². The van der Waals surface area contributed by atoms with Crippen LogP contribution < -0.4 is 5.32 Å². The predicted octanol–water partition coefficient (Wildman–Crippen LogP) is 1.94. The second kappa shape index (κ2) is 6.67. The molecule has 1 rings (SSSR count). The molecule has 4 nitrogen and oxygen atoms in total. The van der Waals surface area contributed by atoms with Crippen molar-refractivity contribution in [1.29, 1.82) is 0 Å². The Kier molecular flexibility index (Phi) is 5.47. The number of hydrogen-bond acceptors (Lipinski definition) is 4. The molecular formula is C11H21NO3. The van der Waals surface area contributed by atoms with Gasteiger partial charge in [0.2, 0.25) is 0 Å². The van der Waals surface area contributed by atoms with Crippen molar-refractivity contribution in [3.05, 3.63) is 0 Å². The van der Waals surface area contributed by atoms with E-state index < -0.39 is 6.16 Å². The summed E-state index contributed by atoms with van der Waals surface area (Å²) in [7, 11) is 0. The van der Waals surface area contributed by atoms with Gasteiger partial charge in [-0.05, 0) is 52.1 Å². The lowest BCUT2D eigenvalue weighted by Gasteiger charge is -2.22. The summed E-state index contributed by atoms with van der Waals surface area (Å²) in [6, 6.07) is 0. The Balaban J connectivity index is 2.02. The van der Waals surface area contributed by atoms with Crippen molar-refractivity contribution in [3.8, 4) is 0 Å². The van der Waals surface area contributed by atoms with Gasteiger partial charge in [0.25, 0.3) is 0 Å². The summed E-state index contributed by atoms with van der Waals surface area (Å²) in [4.78, 5) is 11.0.